The lowest BCUT2D eigenvalue weighted by molar-refractivity contribution is 0.379. The molecule has 2 aromatic heterocycles. The van der Waals surface area contributed by atoms with Crippen molar-refractivity contribution in [3.63, 3.8) is 0 Å². The minimum absolute atomic E-state index is 0.319. The van der Waals surface area contributed by atoms with Crippen LogP contribution in [0.3, 0.4) is 0 Å². The highest BCUT2D eigenvalue weighted by atomic mass is 35.5. The minimum Gasteiger partial charge on any atom is -0.357 e. The summed E-state index contributed by atoms with van der Waals surface area (Å²) in [5.74, 6) is 1.79. The van der Waals surface area contributed by atoms with Crippen molar-refractivity contribution in [1.29, 1.82) is 0 Å². The van der Waals surface area contributed by atoms with Gasteiger partial charge in [0.2, 0.25) is 11.7 Å². The summed E-state index contributed by atoms with van der Waals surface area (Å²) in [5, 5.41) is 10.1. The predicted octanol–water partition coefficient (Wildman–Crippen LogP) is 4.09. The minimum atomic E-state index is 0.319. The van der Waals surface area contributed by atoms with E-state index in [1.54, 1.807) is 11.3 Å². The third kappa shape index (κ3) is 5.55. The summed E-state index contributed by atoms with van der Waals surface area (Å²) in [6.07, 6.45) is 0.984. The van der Waals surface area contributed by atoms with Crippen molar-refractivity contribution in [1.82, 2.24) is 20.4 Å². The van der Waals surface area contributed by atoms with Crippen molar-refractivity contribution in [3.05, 3.63) is 57.6 Å². The Labute approximate surface area is 167 Å². The number of nitrogens with zero attached hydrogens (tertiary/aromatic N) is 4. The third-order valence-electron chi connectivity index (χ3n) is 3.89. The van der Waals surface area contributed by atoms with Crippen LogP contribution in [-0.2, 0) is 13.0 Å². The molecule has 0 amide bonds. The number of guanidine groups is 1. The summed E-state index contributed by atoms with van der Waals surface area (Å²) >= 11 is 7.79. The van der Waals surface area contributed by atoms with Gasteiger partial charge in [-0.1, -0.05) is 35.0 Å². The lowest BCUT2D eigenvalue weighted by Crippen LogP contribution is -2.39. The van der Waals surface area contributed by atoms with E-state index in [4.69, 9.17) is 16.1 Å². The Morgan fingerprint density at radius 1 is 1.33 bits per heavy atom. The van der Waals surface area contributed by atoms with Gasteiger partial charge in [0.25, 0.3) is 0 Å². The van der Waals surface area contributed by atoms with Crippen LogP contribution in [0.15, 0.2) is 51.3 Å². The number of nitrogens with one attached hydrogen (secondary N) is 1. The number of halogens is 1. The van der Waals surface area contributed by atoms with Gasteiger partial charge in [-0.15, -0.1) is 11.3 Å². The zero-order valence-electron chi connectivity index (χ0n) is 15.4. The average molecular weight is 404 g/mol. The molecule has 0 saturated carbocycles. The van der Waals surface area contributed by atoms with E-state index in [1.165, 1.54) is 4.88 Å². The largest absolute Gasteiger partial charge is 0.357 e. The van der Waals surface area contributed by atoms with Gasteiger partial charge in [0, 0.05) is 35.6 Å². The lowest BCUT2D eigenvalue weighted by Gasteiger charge is -2.21. The summed E-state index contributed by atoms with van der Waals surface area (Å²) in [5.41, 5.74) is 0.821. The maximum atomic E-state index is 6.02. The molecule has 8 heteroatoms. The number of hydrogen-bond donors (Lipinski definition) is 1. The molecule has 0 unspecified atom stereocenters. The first-order chi connectivity index (χ1) is 13.2. The van der Waals surface area contributed by atoms with Gasteiger partial charge in [-0.2, -0.15) is 4.98 Å². The third-order valence-corrected chi connectivity index (χ3v) is 5.06. The fourth-order valence-electron chi connectivity index (χ4n) is 2.51. The molecule has 0 aliphatic rings. The van der Waals surface area contributed by atoms with Gasteiger partial charge in [-0.05, 0) is 36.9 Å². The summed E-state index contributed by atoms with van der Waals surface area (Å²) in [6.45, 7) is 4.04. The molecule has 0 radical (unpaired) electrons. The normalized spacial score (nSPS) is 11.6. The quantitative estimate of drug-likeness (QED) is 0.475. The summed E-state index contributed by atoms with van der Waals surface area (Å²) in [6, 6.07) is 11.6. The molecule has 3 aromatic rings. The first kappa shape index (κ1) is 19.4. The van der Waals surface area contributed by atoms with E-state index in [9.17, 15) is 0 Å². The second kappa shape index (κ2) is 9.53. The molecular weight excluding hydrogens is 382 g/mol. The Morgan fingerprint density at radius 3 is 2.96 bits per heavy atom. The average Bonchev–Trinajstić information content (AvgIpc) is 3.35. The monoisotopic (exact) mass is 403 g/mol. The Hall–Kier alpha value is -2.38. The van der Waals surface area contributed by atoms with Crippen molar-refractivity contribution < 1.29 is 4.52 Å². The fourth-order valence-corrected chi connectivity index (χ4v) is 3.40. The topological polar surface area (TPSA) is 66.5 Å². The molecule has 0 spiro atoms. The number of rotatable bonds is 7. The molecule has 6 nitrogen and oxygen atoms in total. The standard InChI is InChI=1S/C19H22ClN5OS/c1-3-21-19(25(2)10-9-16-8-5-11-27-16)22-13-17-23-18(24-26-17)14-6-4-7-15(20)12-14/h4-8,11-12H,3,9-10,13H2,1-2H3,(H,21,22). The van der Waals surface area contributed by atoms with Crippen molar-refractivity contribution in [2.75, 3.05) is 20.1 Å². The number of benzene rings is 1. The highest BCUT2D eigenvalue weighted by molar-refractivity contribution is 7.09. The lowest BCUT2D eigenvalue weighted by atomic mass is 10.2. The van der Waals surface area contributed by atoms with Crippen LogP contribution in [0.2, 0.25) is 5.02 Å². The molecule has 0 aliphatic heterocycles. The van der Waals surface area contributed by atoms with Gasteiger partial charge in [0.15, 0.2) is 5.96 Å². The van der Waals surface area contributed by atoms with Crippen LogP contribution in [0.5, 0.6) is 0 Å². The van der Waals surface area contributed by atoms with E-state index in [1.807, 2.05) is 38.2 Å². The molecule has 0 atom stereocenters. The molecule has 142 valence electrons. The van der Waals surface area contributed by atoms with Crippen LogP contribution < -0.4 is 5.32 Å². The molecule has 2 heterocycles. The van der Waals surface area contributed by atoms with Crippen LogP contribution in [0.25, 0.3) is 11.4 Å². The predicted molar refractivity (Wildman–Crippen MR) is 110 cm³/mol. The molecule has 1 N–H and O–H groups in total. The van der Waals surface area contributed by atoms with E-state index < -0.39 is 0 Å². The van der Waals surface area contributed by atoms with Gasteiger partial charge < -0.3 is 14.7 Å². The molecule has 0 saturated heterocycles. The van der Waals surface area contributed by atoms with Gasteiger partial charge in [0.1, 0.15) is 6.54 Å². The maximum absolute atomic E-state index is 6.02. The van der Waals surface area contributed by atoms with Crippen molar-refractivity contribution in [2.45, 2.75) is 19.9 Å². The van der Waals surface area contributed by atoms with Crippen LogP contribution in [0, 0.1) is 0 Å². The van der Waals surface area contributed by atoms with E-state index in [-0.39, 0.29) is 0 Å². The Kier molecular flexibility index (Phi) is 6.84. The van der Waals surface area contributed by atoms with Crippen molar-refractivity contribution in [2.24, 2.45) is 4.99 Å². The van der Waals surface area contributed by atoms with Gasteiger partial charge in [-0.3, -0.25) is 0 Å². The molecule has 1 aromatic carbocycles. The fraction of sp³-hybridized carbons (Fsp3) is 0.316. The number of aliphatic imine (C=N–C) groups is 1. The Balaban J connectivity index is 1.64. The van der Waals surface area contributed by atoms with Gasteiger partial charge in [0.05, 0.1) is 0 Å². The number of hydrogen-bond acceptors (Lipinski definition) is 5. The first-order valence-electron chi connectivity index (χ1n) is 8.76. The molecule has 27 heavy (non-hydrogen) atoms. The number of thiophene rings is 1. The van der Waals surface area contributed by atoms with Crippen LogP contribution in [-0.4, -0.2) is 41.1 Å². The highest BCUT2D eigenvalue weighted by Gasteiger charge is 2.11. The maximum Gasteiger partial charge on any atom is 0.248 e. The number of aromatic nitrogens is 2. The zero-order chi connectivity index (χ0) is 19.1. The van der Waals surface area contributed by atoms with Crippen LogP contribution in [0.4, 0.5) is 0 Å². The van der Waals surface area contributed by atoms with E-state index in [2.05, 4.69) is 42.9 Å². The summed E-state index contributed by atoms with van der Waals surface area (Å²) < 4.78 is 5.33. The van der Waals surface area contributed by atoms with Gasteiger partial charge >= 0.3 is 0 Å². The first-order valence-corrected chi connectivity index (χ1v) is 10.0. The van der Waals surface area contributed by atoms with Gasteiger partial charge in [-0.25, -0.2) is 4.99 Å². The highest BCUT2D eigenvalue weighted by Crippen LogP contribution is 2.20. The molecular formula is C19H22ClN5OS. The summed E-state index contributed by atoms with van der Waals surface area (Å²) in [4.78, 5) is 12.5. The van der Waals surface area contributed by atoms with E-state index in [0.29, 0.717) is 23.3 Å². The zero-order valence-corrected chi connectivity index (χ0v) is 16.9. The second-order valence-corrected chi connectivity index (χ2v) is 7.41. The van der Waals surface area contributed by atoms with Crippen LogP contribution in [0.1, 0.15) is 17.7 Å². The van der Waals surface area contributed by atoms with E-state index in [0.717, 1.165) is 31.0 Å². The molecule has 0 aliphatic carbocycles. The SMILES string of the molecule is CCNC(=NCc1nc(-c2cccc(Cl)c2)no1)N(C)CCc1cccs1. The summed E-state index contributed by atoms with van der Waals surface area (Å²) in [7, 11) is 2.03. The van der Waals surface area contributed by atoms with E-state index >= 15 is 0 Å². The van der Waals surface area contributed by atoms with Crippen molar-refractivity contribution in [3.8, 4) is 11.4 Å². The molecule has 0 fully saturated rings. The molecule has 3 rings (SSSR count). The smallest absolute Gasteiger partial charge is 0.248 e. The van der Waals surface area contributed by atoms with Crippen molar-refractivity contribution >= 4 is 28.9 Å². The molecule has 0 bridgehead atoms. The second-order valence-electron chi connectivity index (χ2n) is 5.94. The Bertz CT molecular complexity index is 878. The Morgan fingerprint density at radius 2 is 2.22 bits per heavy atom. The number of likely N-dealkylation sites (N-methyl/N-ethyl adjacent to an activating group) is 1. The van der Waals surface area contributed by atoms with Crippen LogP contribution >= 0.6 is 22.9 Å².